The van der Waals surface area contributed by atoms with E-state index in [1.807, 2.05) is 16.9 Å². The first kappa shape index (κ1) is 20.5. The Labute approximate surface area is 168 Å². The van der Waals surface area contributed by atoms with Gasteiger partial charge in [-0.05, 0) is 44.2 Å². The van der Waals surface area contributed by atoms with E-state index in [1.54, 1.807) is 6.20 Å². The maximum atomic E-state index is 12.1. The molecule has 0 aliphatic carbocycles. The molecule has 0 spiro atoms. The van der Waals surface area contributed by atoms with Crippen LogP contribution in [-0.4, -0.2) is 44.7 Å². The van der Waals surface area contributed by atoms with Crippen LogP contribution in [0.2, 0.25) is 0 Å². The van der Waals surface area contributed by atoms with Crippen molar-refractivity contribution >= 4 is 11.7 Å². The smallest absolute Gasteiger partial charge is 0.225 e. The van der Waals surface area contributed by atoms with Crippen molar-refractivity contribution in [2.45, 2.75) is 65.5 Å². The van der Waals surface area contributed by atoms with Crippen molar-refractivity contribution in [3.63, 3.8) is 0 Å². The number of nitrogens with one attached hydrogen (secondary N) is 1. The average Bonchev–Trinajstić information content (AvgIpc) is 3.11. The zero-order chi connectivity index (χ0) is 20.1. The number of rotatable bonds is 7. The van der Waals surface area contributed by atoms with Gasteiger partial charge in [0.1, 0.15) is 5.82 Å². The Morgan fingerprint density at radius 3 is 2.61 bits per heavy atom. The summed E-state index contributed by atoms with van der Waals surface area (Å²) in [4.78, 5) is 19.2. The number of hydrogen-bond donors (Lipinski definition) is 1. The topological polar surface area (TPSA) is 63.1 Å². The van der Waals surface area contributed by atoms with E-state index in [2.05, 4.69) is 60.1 Å². The third kappa shape index (κ3) is 5.41. The van der Waals surface area contributed by atoms with Crippen molar-refractivity contribution < 1.29 is 4.79 Å². The van der Waals surface area contributed by atoms with E-state index in [9.17, 15) is 4.79 Å². The third-order valence-electron chi connectivity index (χ3n) is 5.48. The van der Waals surface area contributed by atoms with Crippen molar-refractivity contribution in [3.8, 4) is 0 Å². The van der Waals surface area contributed by atoms with Gasteiger partial charge in [-0.15, -0.1) is 0 Å². The van der Waals surface area contributed by atoms with Gasteiger partial charge in [0.15, 0.2) is 0 Å². The molecule has 1 aliphatic rings. The molecule has 1 saturated heterocycles. The van der Waals surface area contributed by atoms with Gasteiger partial charge in [-0.25, -0.2) is 4.68 Å². The molecule has 6 heteroatoms. The van der Waals surface area contributed by atoms with E-state index in [0.717, 1.165) is 43.9 Å². The van der Waals surface area contributed by atoms with Crippen LogP contribution >= 0.6 is 0 Å². The van der Waals surface area contributed by atoms with Gasteiger partial charge in [0, 0.05) is 49.9 Å². The molecular formula is C22H33N5O. The van der Waals surface area contributed by atoms with Crippen LogP contribution in [0.25, 0.3) is 0 Å². The van der Waals surface area contributed by atoms with Crippen molar-refractivity contribution in [1.29, 1.82) is 0 Å². The first-order valence-corrected chi connectivity index (χ1v) is 10.4. The number of likely N-dealkylation sites (tertiary alicyclic amines) is 1. The molecule has 0 saturated carbocycles. The van der Waals surface area contributed by atoms with Gasteiger partial charge in [0.2, 0.25) is 5.91 Å². The molecule has 1 N–H and O–H groups in total. The van der Waals surface area contributed by atoms with Crippen LogP contribution in [0.5, 0.6) is 0 Å². The molecule has 1 fully saturated rings. The number of pyridine rings is 1. The predicted molar refractivity (Wildman–Crippen MR) is 112 cm³/mol. The lowest BCUT2D eigenvalue weighted by Crippen LogP contribution is -2.41. The summed E-state index contributed by atoms with van der Waals surface area (Å²) in [6.07, 6.45) is 7.32. The summed E-state index contributed by atoms with van der Waals surface area (Å²) in [5.74, 6) is 1.23. The van der Waals surface area contributed by atoms with Crippen LogP contribution in [0.15, 0.2) is 30.6 Å². The van der Waals surface area contributed by atoms with Gasteiger partial charge in [0.05, 0.1) is 12.2 Å². The van der Waals surface area contributed by atoms with Crippen molar-refractivity contribution in [2.75, 3.05) is 18.4 Å². The molecule has 1 unspecified atom stereocenters. The lowest BCUT2D eigenvalue weighted by Gasteiger charge is -2.36. The molecule has 2 aromatic heterocycles. The highest BCUT2D eigenvalue weighted by molar-refractivity contribution is 5.89. The second-order valence-electron chi connectivity index (χ2n) is 8.45. The minimum Gasteiger partial charge on any atom is -0.311 e. The van der Waals surface area contributed by atoms with E-state index >= 15 is 0 Å². The maximum absolute atomic E-state index is 12.1. The number of piperidine rings is 1. The van der Waals surface area contributed by atoms with Gasteiger partial charge in [-0.2, -0.15) is 5.10 Å². The normalized spacial score (nSPS) is 17.0. The van der Waals surface area contributed by atoms with E-state index in [4.69, 9.17) is 0 Å². The lowest BCUT2D eigenvalue weighted by atomic mass is 10.0. The molecule has 6 nitrogen and oxygen atoms in total. The van der Waals surface area contributed by atoms with Crippen molar-refractivity contribution in [3.05, 3.63) is 41.9 Å². The minimum absolute atomic E-state index is 0.0633. The minimum atomic E-state index is 0.0633. The highest BCUT2D eigenvalue weighted by Gasteiger charge is 2.26. The third-order valence-corrected chi connectivity index (χ3v) is 5.48. The molecule has 0 radical (unpaired) electrons. The van der Waals surface area contributed by atoms with Crippen molar-refractivity contribution in [1.82, 2.24) is 19.7 Å². The van der Waals surface area contributed by atoms with Crippen LogP contribution in [0.1, 0.15) is 57.3 Å². The van der Waals surface area contributed by atoms with Gasteiger partial charge in [-0.1, -0.05) is 19.9 Å². The average molecular weight is 384 g/mol. The molecule has 0 bridgehead atoms. The first-order valence-electron chi connectivity index (χ1n) is 10.4. The van der Waals surface area contributed by atoms with E-state index < -0.39 is 0 Å². The zero-order valence-corrected chi connectivity index (χ0v) is 17.6. The van der Waals surface area contributed by atoms with Gasteiger partial charge in [0.25, 0.3) is 0 Å². The number of carbonyl (C=O) groups excluding carboxylic acids is 1. The predicted octanol–water partition coefficient (Wildman–Crippen LogP) is 3.84. The zero-order valence-electron chi connectivity index (χ0n) is 17.6. The number of aryl methyl sites for hydroxylation is 1. The summed E-state index contributed by atoms with van der Waals surface area (Å²) in [6, 6.07) is 6.98. The number of aromatic nitrogens is 3. The highest BCUT2D eigenvalue weighted by Crippen LogP contribution is 2.27. The Morgan fingerprint density at radius 2 is 1.96 bits per heavy atom. The van der Waals surface area contributed by atoms with Gasteiger partial charge >= 0.3 is 0 Å². The fourth-order valence-corrected chi connectivity index (χ4v) is 3.89. The fraction of sp³-hybridized carbons (Fsp3) is 0.591. The molecule has 3 rings (SSSR count). The molecule has 2 aromatic rings. The van der Waals surface area contributed by atoms with E-state index in [1.165, 1.54) is 5.56 Å². The van der Waals surface area contributed by atoms with E-state index in [0.29, 0.717) is 24.4 Å². The SMILES string of the molecule is Cc1ccc(CC(C)N2CCC(n3nccc3NC(=O)CC(C)C)CC2)nc1. The number of anilines is 1. The van der Waals surface area contributed by atoms with Gasteiger partial charge in [-0.3, -0.25) is 9.78 Å². The van der Waals surface area contributed by atoms with Crippen LogP contribution in [0.3, 0.4) is 0 Å². The second-order valence-corrected chi connectivity index (χ2v) is 8.45. The molecule has 1 aliphatic heterocycles. The quantitative estimate of drug-likeness (QED) is 0.789. The monoisotopic (exact) mass is 383 g/mol. The summed E-state index contributed by atoms with van der Waals surface area (Å²) in [6.45, 7) is 10.5. The molecule has 1 amide bonds. The summed E-state index contributed by atoms with van der Waals surface area (Å²) in [5, 5.41) is 7.52. The Morgan fingerprint density at radius 1 is 1.21 bits per heavy atom. The Hall–Kier alpha value is -2.21. The summed E-state index contributed by atoms with van der Waals surface area (Å²) in [5.41, 5.74) is 2.36. The van der Waals surface area contributed by atoms with E-state index in [-0.39, 0.29) is 5.91 Å². The van der Waals surface area contributed by atoms with Crippen LogP contribution in [0.4, 0.5) is 5.82 Å². The summed E-state index contributed by atoms with van der Waals surface area (Å²) >= 11 is 0. The fourth-order valence-electron chi connectivity index (χ4n) is 3.89. The molecule has 0 aromatic carbocycles. The standard InChI is InChI=1S/C22H33N5O/c1-16(2)13-22(28)25-21-7-10-24-27(21)20-8-11-26(12-9-20)18(4)14-19-6-5-17(3)15-23-19/h5-7,10,15-16,18,20H,8-9,11-14H2,1-4H3,(H,25,28). The number of amides is 1. The Balaban J connectivity index is 1.53. The van der Waals surface area contributed by atoms with Crippen molar-refractivity contribution in [2.24, 2.45) is 5.92 Å². The number of nitrogens with zero attached hydrogens (tertiary/aromatic N) is 4. The highest BCUT2D eigenvalue weighted by atomic mass is 16.1. The largest absolute Gasteiger partial charge is 0.311 e. The molecule has 152 valence electrons. The molecular weight excluding hydrogens is 350 g/mol. The van der Waals surface area contributed by atoms with Crippen LogP contribution < -0.4 is 5.32 Å². The summed E-state index contributed by atoms with van der Waals surface area (Å²) < 4.78 is 2.00. The van der Waals surface area contributed by atoms with Crippen LogP contribution in [-0.2, 0) is 11.2 Å². The second kappa shape index (κ2) is 9.32. The molecule has 1 atom stereocenters. The Bertz CT molecular complexity index is 759. The first-order chi connectivity index (χ1) is 13.4. The maximum Gasteiger partial charge on any atom is 0.225 e. The number of hydrogen-bond acceptors (Lipinski definition) is 4. The lowest BCUT2D eigenvalue weighted by molar-refractivity contribution is -0.116. The Kier molecular flexibility index (Phi) is 6.83. The van der Waals surface area contributed by atoms with Crippen LogP contribution in [0, 0.1) is 12.8 Å². The molecule has 28 heavy (non-hydrogen) atoms. The number of carbonyl (C=O) groups is 1. The van der Waals surface area contributed by atoms with Gasteiger partial charge < -0.3 is 10.2 Å². The molecule has 3 heterocycles. The summed E-state index contributed by atoms with van der Waals surface area (Å²) in [7, 11) is 0.